The highest BCUT2D eigenvalue weighted by Crippen LogP contribution is 2.33. The third-order valence-corrected chi connectivity index (χ3v) is 3.22. The molecule has 1 aliphatic heterocycles. The van der Waals surface area contributed by atoms with Gasteiger partial charge in [0, 0.05) is 18.2 Å². The van der Waals surface area contributed by atoms with E-state index in [0.717, 1.165) is 5.01 Å². The Labute approximate surface area is 119 Å². The van der Waals surface area contributed by atoms with Crippen LogP contribution < -0.4 is 5.01 Å². The summed E-state index contributed by atoms with van der Waals surface area (Å²) < 4.78 is 0. The Balaban J connectivity index is 2.29. The molecule has 2 rings (SSSR count). The van der Waals surface area contributed by atoms with E-state index in [-0.39, 0.29) is 24.2 Å². The molecule has 110 valence electrons. The Hall–Kier alpha value is -2.77. The van der Waals surface area contributed by atoms with Gasteiger partial charge in [0.15, 0.2) is 0 Å². The van der Waals surface area contributed by atoms with E-state index in [1.807, 2.05) is 0 Å². The van der Waals surface area contributed by atoms with Crippen molar-refractivity contribution >= 4 is 29.0 Å². The van der Waals surface area contributed by atoms with E-state index < -0.39 is 22.7 Å². The highest BCUT2D eigenvalue weighted by Gasteiger charge is 2.36. The molecule has 1 atom stereocenters. The molecule has 1 aliphatic rings. The number of hydrogen-bond acceptors (Lipinski definition) is 5. The standard InChI is InChI=1S/C13H13N3O5/c1-8-9(6-7-12(17)18)13(19)15(14-8)10-4-2-3-5-11(10)16(20)21/h2-5,9H,6-7H2,1H3,(H,17,18). The van der Waals surface area contributed by atoms with Crippen LogP contribution in [0.3, 0.4) is 0 Å². The van der Waals surface area contributed by atoms with Gasteiger partial charge < -0.3 is 5.11 Å². The predicted molar refractivity (Wildman–Crippen MR) is 74.1 cm³/mol. The first-order valence-electron chi connectivity index (χ1n) is 6.26. The van der Waals surface area contributed by atoms with Gasteiger partial charge in [-0.1, -0.05) is 12.1 Å². The first-order valence-corrected chi connectivity index (χ1v) is 6.26. The van der Waals surface area contributed by atoms with Crippen molar-refractivity contribution in [3.8, 4) is 0 Å². The Bertz CT molecular complexity index is 640. The molecule has 0 radical (unpaired) electrons. The van der Waals surface area contributed by atoms with Crippen LogP contribution in [0, 0.1) is 16.0 Å². The number of carbonyl (C=O) groups excluding carboxylic acids is 1. The fourth-order valence-corrected chi connectivity index (χ4v) is 2.17. The Kier molecular flexibility index (Phi) is 3.97. The molecule has 0 spiro atoms. The number of para-hydroxylation sites is 2. The maximum Gasteiger partial charge on any atom is 0.303 e. The molecular weight excluding hydrogens is 278 g/mol. The summed E-state index contributed by atoms with van der Waals surface area (Å²) in [5.41, 5.74) is 0.324. The lowest BCUT2D eigenvalue weighted by atomic mass is 9.98. The lowest BCUT2D eigenvalue weighted by Crippen LogP contribution is -2.28. The fraction of sp³-hybridized carbons (Fsp3) is 0.308. The number of nitro groups is 1. The topological polar surface area (TPSA) is 113 Å². The SMILES string of the molecule is CC1=NN(c2ccccc2[N+](=O)[O-])C(=O)C1CCC(=O)O. The summed E-state index contributed by atoms with van der Waals surface area (Å²) >= 11 is 0. The van der Waals surface area contributed by atoms with Crippen LogP contribution in [0.5, 0.6) is 0 Å². The second-order valence-electron chi connectivity index (χ2n) is 4.62. The monoisotopic (exact) mass is 291 g/mol. The van der Waals surface area contributed by atoms with Crippen molar-refractivity contribution in [1.29, 1.82) is 0 Å². The molecule has 1 unspecified atom stereocenters. The van der Waals surface area contributed by atoms with Crippen LogP contribution in [-0.4, -0.2) is 27.6 Å². The van der Waals surface area contributed by atoms with E-state index in [1.165, 1.54) is 18.2 Å². The van der Waals surface area contributed by atoms with Gasteiger partial charge in [-0.25, -0.2) is 0 Å². The van der Waals surface area contributed by atoms with Crippen LogP contribution in [0.15, 0.2) is 29.4 Å². The molecule has 8 nitrogen and oxygen atoms in total. The predicted octanol–water partition coefficient (Wildman–Crippen LogP) is 1.80. The lowest BCUT2D eigenvalue weighted by molar-refractivity contribution is -0.384. The van der Waals surface area contributed by atoms with Crippen molar-refractivity contribution in [2.75, 3.05) is 5.01 Å². The minimum atomic E-state index is -1.00. The summed E-state index contributed by atoms with van der Waals surface area (Å²) in [4.78, 5) is 33.3. The maximum atomic E-state index is 12.3. The van der Waals surface area contributed by atoms with E-state index in [4.69, 9.17) is 5.11 Å². The van der Waals surface area contributed by atoms with Gasteiger partial charge >= 0.3 is 5.97 Å². The second-order valence-corrected chi connectivity index (χ2v) is 4.62. The van der Waals surface area contributed by atoms with Gasteiger partial charge in [-0.05, 0) is 19.4 Å². The zero-order valence-corrected chi connectivity index (χ0v) is 11.2. The molecule has 0 saturated carbocycles. The first-order chi connectivity index (χ1) is 9.91. The van der Waals surface area contributed by atoms with Crippen molar-refractivity contribution in [3.63, 3.8) is 0 Å². The third-order valence-electron chi connectivity index (χ3n) is 3.22. The van der Waals surface area contributed by atoms with Crippen molar-refractivity contribution in [2.24, 2.45) is 11.0 Å². The Morgan fingerprint density at radius 1 is 1.48 bits per heavy atom. The number of nitro benzene ring substituents is 1. The minimum Gasteiger partial charge on any atom is -0.481 e. The Morgan fingerprint density at radius 2 is 2.14 bits per heavy atom. The maximum absolute atomic E-state index is 12.3. The Morgan fingerprint density at radius 3 is 2.76 bits per heavy atom. The number of carbonyl (C=O) groups is 2. The summed E-state index contributed by atoms with van der Waals surface area (Å²) in [6.07, 6.45) is -0.0331. The van der Waals surface area contributed by atoms with E-state index in [9.17, 15) is 19.7 Å². The zero-order valence-electron chi connectivity index (χ0n) is 11.2. The van der Waals surface area contributed by atoms with Crippen LogP contribution >= 0.6 is 0 Å². The van der Waals surface area contributed by atoms with Crippen molar-refractivity contribution < 1.29 is 19.6 Å². The summed E-state index contributed by atoms with van der Waals surface area (Å²) in [7, 11) is 0. The number of hydrogen-bond donors (Lipinski definition) is 1. The van der Waals surface area contributed by atoms with Crippen LogP contribution in [0.1, 0.15) is 19.8 Å². The van der Waals surface area contributed by atoms with Crippen molar-refractivity contribution in [1.82, 2.24) is 0 Å². The van der Waals surface area contributed by atoms with Gasteiger partial charge in [0.05, 0.1) is 10.8 Å². The molecule has 21 heavy (non-hydrogen) atoms. The van der Waals surface area contributed by atoms with E-state index in [2.05, 4.69) is 5.10 Å². The van der Waals surface area contributed by atoms with Gasteiger partial charge in [0.1, 0.15) is 5.69 Å². The number of hydrazone groups is 1. The number of amides is 1. The first kappa shape index (κ1) is 14.6. The molecule has 0 aliphatic carbocycles. The van der Waals surface area contributed by atoms with Gasteiger partial charge in [-0.2, -0.15) is 10.1 Å². The molecule has 0 aromatic heterocycles. The van der Waals surface area contributed by atoms with Crippen LogP contribution in [0.4, 0.5) is 11.4 Å². The zero-order chi connectivity index (χ0) is 15.6. The van der Waals surface area contributed by atoms with Crippen LogP contribution in [0.2, 0.25) is 0 Å². The highest BCUT2D eigenvalue weighted by atomic mass is 16.6. The average molecular weight is 291 g/mol. The molecule has 1 aromatic rings. The number of nitrogens with zero attached hydrogens (tertiary/aromatic N) is 3. The summed E-state index contributed by atoms with van der Waals surface area (Å²) in [6, 6.07) is 5.80. The number of aliphatic carboxylic acids is 1. The summed E-state index contributed by atoms with van der Waals surface area (Å²) in [5.74, 6) is -2.09. The highest BCUT2D eigenvalue weighted by molar-refractivity contribution is 6.15. The summed E-state index contributed by atoms with van der Waals surface area (Å²) in [6.45, 7) is 1.61. The van der Waals surface area contributed by atoms with Crippen LogP contribution in [-0.2, 0) is 9.59 Å². The van der Waals surface area contributed by atoms with Gasteiger partial charge in [0.25, 0.3) is 11.6 Å². The largest absolute Gasteiger partial charge is 0.481 e. The number of anilines is 1. The van der Waals surface area contributed by atoms with E-state index in [1.54, 1.807) is 13.0 Å². The van der Waals surface area contributed by atoms with Gasteiger partial charge in [0.2, 0.25) is 0 Å². The second kappa shape index (κ2) is 5.70. The van der Waals surface area contributed by atoms with Crippen LogP contribution in [0.25, 0.3) is 0 Å². The normalized spacial score (nSPS) is 17.8. The smallest absolute Gasteiger partial charge is 0.303 e. The van der Waals surface area contributed by atoms with Crippen molar-refractivity contribution in [3.05, 3.63) is 34.4 Å². The quantitative estimate of drug-likeness (QED) is 0.656. The average Bonchev–Trinajstić information content (AvgIpc) is 2.71. The lowest BCUT2D eigenvalue weighted by Gasteiger charge is -2.13. The molecule has 1 aromatic carbocycles. The molecule has 0 saturated heterocycles. The molecule has 1 heterocycles. The summed E-state index contributed by atoms with van der Waals surface area (Å²) in [5, 5.41) is 24.7. The number of rotatable bonds is 5. The van der Waals surface area contributed by atoms with Crippen molar-refractivity contribution in [2.45, 2.75) is 19.8 Å². The number of carboxylic acids is 1. The third kappa shape index (κ3) is 2.88. The molecule has 8 heteroatoms. The number of benzene rings is 1. The molecular formula is C13H13N3O5. The number of carboxylic acid groups (broad SMARTS) is 1. The molecule has 1 N–H and O–H groups in total. The minimum absolute atomic E-state index is 0.0877. The van der Waals surface area contributed by atoms with Gasteiger partial charge in [-0.15, -0.1) is 0 Å². The van der Waals surface area contributed by atoms with E-state index in [0.29, 0.717) is 5.71 Å². The molecule has 0 fully saturated rings. The van der Waals surface area contributed by atoms with Gasteiger partial charge in [-0.3, -0.25) is 19.7 Å². The molecule has 0 bridgehead atoms. The molecule has 1 amide bonds. The van der Waals surface area contributed by atoms with E-state index >= 15 is 0 Å². The fourth-order valence-electron chi connectivity index (χ4n) is 2.17.